The molecule has 0 aliphatic rings. The van der Waals surface area contributed by atoms with Crippen LogP contribution in [0.15, 0.2) is 72.8 Å². The van der Waals surface area contributed by atoms with Crippen LogP contribution in [0.5, 0.6) is 0 Å². The van der Waals surface area contributed by atoms with Gasteiger partial charge in [0.2, 0.25) is 5.95 Å². The van der Waals surface area contributed by atoms with E-state index in [4.69, 9.17) is 5.73 Å². The molecule has 0 aliphatic heterocycles. The summed E-state index contributed by atoms with van der Waals surface area (Å²) in [7, 11) is 0. The van der Waals surface area contributed by atoms with Gasteiger partial charge in [0.05, 0.1) is 17.5 Å². The van der Waals surface area contributed by atoms with Crippen molar-refractivity contribution in [2.45, 2.75) is 6.42 Å². The highest BCUT2D eigenvalue weighted by molar-refractivity contribution is 6.15. The van der Waals surface area contributed by atoms with E-state index in [2.05, 4.69) is 15.2 Å². The molecule has 152 valence electrons. The zero-order chi connectivity index (χ0) is 21.6. The van der Waals surface area contributed by atoms with Crippen molar-refractivity contribution in [2.75, 3.05) is 5.73 Å². The van der Waals surface area contributed by atoms with Crippen molar-refractivity contribution in [2.24, 2.45) is 0 Å². The van der Waals surface area contributed by atoms with Gasteiger partial charge >= 0.3 is 0 Å². The quantitative estimate of drug-likeness (QED) is 0.470. The second-order valence-electron chi connectivity index (χ2n) is 6.82. The molecule has 0 spiro atoms. The maximum absolute atomic E-state index is 12.5. The Balaban J connectivity index is 1.62. The largest absolute Gasteiger partial charge is 0.368 e. The molecule has 2 aromatic carbocycles. The fourth-order valence-corrected chi connectivity index (χ4v) is 3.08. The number of imidazole rings is 1. The van der Waals surface area contributed by atoms with Crippen molar-refractivity contribution in [3.8, 4) is 0 Å². The van der Waals surface area contributed by atoms with Crippen molar-refractivity contribution >= 4 is 41.5 Å². The minimum absolute atomic E-state index is 0.00759. The molecular weight excluding hydrogens is 390 g/mol. The van der Waals surface area contributed by atoms with Gasteiger partial charge in [-0.3, -0.25) is 9.59 Å². The fourth-order valence-electron chi connectivity index (χ4n) is 3.08. The van der Waals surface area contributed by atoms with E-state index in [1.807, 2.05) is 60.7 Å². The summed E-state index contributed by atoms with van der Waals surface area (Å²) in [6.07, 6.45) is 7.81. The number of carbonyl (C=O) groups is 2. The van der Waals surface area contributed by atoms with Crippen LogP contribution in [0.4, 0.5) is 5.95 Å². The summed E-state index contributed by atoms with van der Waals surface area (Å²) in [5.41, 5.74) is 8.14. The average Bonchev–Trinajstić information content (AvgIpc) is 3.32. The van der Waals surface area contributed by atoms with Crippen LogP contribution in [-0.4, -0.2) is 31.1 Å². The molecule has 2 aromatic heterocycles. The van der Waals surface area contributed by atoms with E-state index in [-0.39, 0.29) is 29.7 Å². The monoisotopic (exact) mass is 409 g/mol. The first-order chi connectivity index (χ1) is 15.1. The lowest BCUT2D eigenvalue weighted by Gasteiger charge is -1.95. The van der Waals surface area contributed by atoms with Gasteiger partial charge in [-0.15, -0.1) is 10.2 Å². The highest BCUT2D eigenvalue weighted by atomic mass is 16.1. The number of hydrogen-bond donors (Lipinski definition) is 1. The van der Waals surface area contributed by atoms with Gasteiger partial charge in [-0.25, -0.2) is 9.38 Å². The Hall–Kier alpha value is -4.39. The van der Waals surface area contributed by atoms with Crippen molar-refractivity contribution in [1.29, 1.82) is 0 Å². The summed E-state index contributed by atoms with van der Waals surface area (Å²) in [5.74, 6) is -0.0663. The lowest BCUT2D eigenvalue weighted by atomic mass is 10.1. The van der Waals surface area contributed by atoms with E-state index >= 15 is 0 Å². The number of nitrogen functional groups attached to an aromatic ring is 1. The van der Waals surface area contributed by atoms with Crippen LogP contribution in [0.1, 0.15) is 16.8 Å². The summed E-state index contributed by atoms with van der Waals surface area (Å²) in [5, 5.41) is 8.10. The van der Waals surface area contributed by atoms with E-state index in [9.17, 15) is 9.59 Å². The number of fused-ring (bicyclic) bond motifs is 1. The van der Waals surface area contributed by atoms with Crippen molar-refractivity contribution in [1.82, 2.24) is 19.6 Å². The summed E-state index contributed by atoms with van der Waals surface area (Å²) < 4.78 is 1.47. The molecule has 0 aliphatic carbocycles. The molecule has 2 heterocycles. The van der Waals surface area contributed by atoms with Crippen molar-refractivity contribution < 1.29 is 9.59 Å². The van der Waals surface area contributed by atoms with Crippen LogP contribution in [0.2, 0.25) is 0 Å². The van der Waals surface area contributed by atoms with E-state index < -0.39 is 0 Å². The molecule has 4 rings (SSSR count). The van der Waals surface area contributed by atoms with Crippen LogP contribution in [0.3, 0.4) is 0 Å². The summed E-state index contributed by atoms with van der Waals surface area (Å²) >= 11 is 0. The Labute approximate surface area is 178 Å². The molecule has 0 fully saturated rings. The molecule has 2 N–H and O–H groups in total. The number of nitrogens with two attached hydrogens (primary N) is 1. The molecule has 7 nitrogen and oxygen atoms in total. The zero-order valence-electron chi connectivity index (χ0n) is 16.6. The Morgan fingerprint density at radius 3 is 2.13 bits per heavy atom. The van der Waals surface area contributed by atoms with Gasteiger partial charge in [-0.2, -0.15) is 0 Å². The van der Waals surface area contributed by atoms with Gasteiger partial charge in [0.15, 0.2) is 11.6 Å². The molecule has 0 bridgehead atoms. The van der Waals surface area contributed by atoms with Gasteiger partial charge < -0.3 is 5.73 Å². The first-order valence-corrected chi connectivity index (χ1v) is 9.64. The molecule has 4 aromatic rings. The third kappa shape index (κ3) is 4.79. The Morgan fingerprint density at radius 2 is 1.48 bits per heavy atom. The maximum atomic E-state index is 12.5. The molecule has 0 saturated heterocycles. The van der Waals surface area contributed by atoms with Crippen molar-refractivity contribution in [3.05, 3.63) is 95.0 Å². The Kier molecular flexibility index (Phi) is 5.75. The fraction of sp³-hybridized carbons (Fsp3) is 0.0417. The third-order valence-corrected chi connectivity index (χ3v) is 4.56. The molecule has 0 unspecified atom stereocenters. The molecular formula is C24H19N5O2. The van der Waals surface area contributed by atoms with E-state index in [1.165, 1.54) is 22.6 Å². The first kappa shape index (κ1) is 19.9. The second kappa shape index (κ2) is 8.96. The summed E-state index contributed by atoms with van der Waals surface area (Å²) in [6.45, 7) is 0. The lowest BCUT2D eigenvalue weighted by Crippen LogP contribution is -2.19. The van der Waals surface area contributed by atoms with E-state index in [1.54, 1.807) is 12.2 Å². The predicted octanol–water partition coefficient (Wildman–Crippen LogP) is 2.31. The highest BCUT2D eigenvalue weighted by Crippen LogP contribution is 2.06. The van der Waals surface area contributed by atoms with E-state index in [0.29, 0.717) is 11.0 Å². The normalized spacial score (nSPS) is 12.3. The molecule has 0 amide bonds. The third-order valence-electron chi connectivity index (χ3n) is 4.56. The molecule has 0 saturated carbocycles. The number of allylic oxidation sites excluding steroid dienone is 2. The standard InChI is InChI=1S/C24H19N5O2/c25-23-27-28-24-26-21(15-19(30)13-11-17-7-3-1-4-8-17)22(29(23)24)16-20(31)14-12-18-9-5-2-6-10-18/h1-14,16H,15H2,(H2,25,27)/b13-11+,14-12+,22-16-. The topological polar surface area (TPSA) is 103 Å². The number of nitrogens with zero attached hydrogens (tertiary/aromatic N) is 4. The Bertz CT molecular complexity index is 1340. The number of anilines is 1. The number of benzene rings is 2. The summed E-state index contributed by atoms with van der Waals surface area (Å²) in [4.78, 5) is 29.4. The SMILES string of the molecule is Nc1nnc2nc(CC(=O)/C=C/c3ccccc3)/c(=C/C(=O)/C=C/c3ccccc3)n12. The van der Waals surface area contributed by atoms with E-state index in [0.717, 1.165) is 11.1 Å². The number of hydrogen-bond acceptors (Lipinski definition) is 6. The number of aromatic nitrogens is 4. The summed E-state index contributed by atoms with van der Waals surface area (Å²) in [6, 6.07) is 19.0. The highest BCUT2D eigenvalue weighted by Gasteiger charge is 2.14. The van der Waals surface area contributed by atoms with Crippen molar-refractivity contribution in [3.63, 3.8) is 0 Å². The smallest absolute Gasteiger partial charge is 0.257 e. The molecule has 0 atom stereocenters. The van der Waals surface area contributed by atoms with Crippen LogP contribution < -0.4 is 11.1 Å². The number of rotatable bonds is 7. The molecule has 0 radical (unpaired) electrons. The van der Waals surface area contributed by atoms with Gasteiger partial charge in [-0.05, 0) is 23.3 Å². The van der Waals surface area contributed by atoms with Gasteiger partial charge in [0.1, 0.15) is 0 Å². The zero-order valence-corrected chi connectivity index (χ0v) is 16.6. The lowest BCUT2D eigenvalue weighted by molar-refractivity contribution is -0.114. The van der Waals surface area contributed by atoms with Gasteiger partial charge in [0, 0.05) is 6.08 Å². The van der Waals surface area contributed by atoms with Crippen LogP contribution in [-0.2, 0) is 16.0 Å². The number of ketones is 2. The van der Waals surface area contributed by atoms with Crippen LogP contribution in [0, 0.1) is 0 Å². The predicted molar refractivity (Wildman–Crippen MR) is 120 cm³/mol. The number of carbonyl (C=O) groups excluding carboxylic acids is 2. The average molecular weight is 409 g/mol. The minimum atomic E-state index is -0.264. The van der Waals surface area contributed by atoms with Crippen LogP contribution in [0.25, 0.3) is 24.0 Å². The molecule has 31 heavy (non-hydrogen) atoms. The van der Waals surface area contributed by atoms with Crippen LogP contribution >= 0.6 is 0 Å². The van der Waals surface area contributed by atoms with Gasteiger partial charge in [-0.1, -0.05) is 72.8 Å². The van der Waals surface area contributed by atoms with Gasteiger partial charge in [0.25, 0.3) is 5.78 Å². The maximum Gasteiger partial charge on any atom is 0.257 e. The molecule has 7 heteroatoms. The Morgan fingerprint density at radius 1 is 0.871 bits per heavy atom. The minimum Gasteiger partial charge on any atom is -0.368 e. The first-order valence-electron chi connectivity index (χ1n) is 9.64. The second-order valence-corrected chi connectivity index (χ2v) is 6.82.